The maximum atomic E-state index is 9.15. The molecule has 1 heterocycles. The van der Waals surface area contributed by atoms with Gasteiger partial charge in [0.1, 0.15) is 0 Å². The van der Waals surface area contributed by atoms with Crippen molar-refractivity contribution in [2.24, 2.45) is 5.11 Å². The van der Waals surface area contributed by atoms with Gasteiger partial charge < -0.3 is 9.52 Å². The van der Waals surface area contributed by atoms with E-state index in [1.165, 1.54) is 0 Å². The van der Waals surface area contributed by atoms with E-state index in [4.69, 9.17) is 15.1 Å². The normalized spacial score (nSPS) is 10.0. The summed E-state index contributed by atoms with van der Waals surface area (Å²) in [4.78, 5) is 3.83. The average Bonchev–Trinajstić information content (AvgIpc) is 2.61. The summed E-state index contributed by atoms with van der Waals surface area (Å²) in [6, 6.07) is 9.10. The number of nitrogens with zero attached hydrogens (tertiary/aromatic N) is 2. The zero-order valence-corrected chi connectivity index (χ0v) is 7.14. The van der Waals surface area contributed by atoms with Gasteiger partial charge in [0, 0.05) is 5.56 Å². The number of hydrogen-bond acceptors (Lipinski definition) is 5. The largest absolute Gasteiger partial charge is 0.478 e. The van der Waals surface area contributed by atoms with E-state index < -0.39 is 5.95 Å². The molecule has 0 atom stereocenters. The molecule has 0 unspecified atom stereocenters. The Morgan fingerprint density at radius 3 is 2.57 bits per heavy atom. The SMILES string of the molecule is N=Nc1nc(-c2ccccc2)oc1O. The second-order valence-electron chi connectivity index (χ2n) is 2.63. The molecule has 0 aliphatic rings. The predicted molar refractivity (Wildman–Crippen MR) is 48.4 cm³/mol. The number of oxazole rings is 1. The van der Waals surface area contributed by atoms with E-state index >= 15 is 0 Å². The van der Waals surface area contributed by atoms with Crippen LogP contribution in [0, 0.1) is 5.53 Å². The summed E-state index contributed by atoms with van der Waals surface area (Å²) in [5, 5.41) is 12.2. The number of nitrogens with one attached hydrogen (secondary N) is 1. The molecule has 0 radical (unpaired) electrons. The fourth-order valence-corrected chi connectivity index (χ4v) is 1.08. The van der Waals surface area contributed by atoms with E-state index in [1.54, 1.807) is 12.1 Å². The molecule has 1 aromatic carbocycles. The Kier molecular flexibility index (Phi) is 1.98. The summed E-state index contributed by atoms with van der Waals surface area (Å²) < 4.78 is 4.92. The number of aromatic hydroxyl groups is 1. The second kappa shape index (κ2) is 3.29. The molecule has 2 aromatic rings. The fourth-order valence-electron chi connectivity index (χ4n) is 1.08. The summed E-state index contributed by atoms with van der Waals surface area (Å²) in [5.74, 6) is -0.281. The molecular weight excluding hydrogens is 182 g/mol. The van der Waals surface area contributed by atoms with Crippen molar-refractivity contribution < 1.29 is 9.52 Å². The van der Waals surface area contributed by atoms with Crippen LogP contribution in [0.5, 0.6) is 5.95 Å². The Morgan fingerprint density at radius 2 is 2.00 bits per heavy atom. The maximum Gasteiger partial charge on any atom is 0.332 e. The van der Waals surface area contributed by atoms with E-state index in [2.05, 4.69) is 10.1 Å². The third-order valence-electron chi connectivity index (χ3n) is 1.72. The minimum atomic E-state index is -0.432. The van der Waals surface area contributed by atoms with Crippen LogP contribution in [0.25, 0.3) is 11.5 Å². The van der Waals surface area contributed by atoms with Crippen molar-refractivity contribution in [2.75, 3.05) is 0 Å². The lowest BCUT2D eigenvalue weighted by Gasteiger charge is -1.91. The van der Waals surface area contributed by atoms with Crippen LogP contribution < -0.4 is 0 Å². The van der Waals surface area contributed by atoms with Gasteiger partial charge in [-0.05, 0) is 12.1 Å². The first-order valence-electron chi connectivity index (χ1n) is 3.94. The van der Waals surface area contributed by atoms with Crippen LogP contribution in [0.3, 0.4) is 0 Å². The Morgan fingerprint density at radius 1 is 1.29 bits per heavy atom. The Balaban J connectivity index is 2.48. The first-order chi connectivity index (χ1) is 6.81. The minimum Gasteiger partial charge on any atom is -0.478 e. The third kappa shape index (κ3) is 1.35. The lowest BCUT2D eigenvalue weighted by Crippen LogP contribution is -1.74. The molecule has 2 N–H and O–H groups in total. The van der Waals surface area contributed by atoms with Crippen LogP contribution in [-0.4, -0.2) is 10.1 Å². The lowest BCUT2D eigenvalue weighted by atomic mass is 10.2. The summed E-state index contributed by atoms with van der Waals surface area (Å²) in [6.45, 7) is 0. The average molecular weight is 189 g/mol. The standard InChI is InChI=1S/C9H7N3O2/c10-12-7-9(13)14-8(11-7)6-4-2-1-3-5-6/h1-5,10,13H. The molecule has 0 saturated carbocycles. The highest BCUT2D eigenvalue weighted by molar-refractivity contribution is 5.56. The third-order valence-corrected chi connectivity index (χ3v) is 1.72. The van der Waals surface area contributed by atoms with Gasteiger partial charge in [0.25, 0.3) is 5.82 Å². The van der Waals surface area contributed by atoms with Crippen LogP contribution in [0.2, 0.25) is 0 Å². The van der Waals surface area contributed by atoms with Crippen molar-refractivity contribution in [1.82, 2.24) is 4.98 Å². The molecule has 14 heavy (non-hydrogen) atoms. The Hall–Kier alpha value is -2.17. The minimum absolute atomic E-state index is 0.108. The second-order valence-corrected chi connectivity index (χ2v) is 2.63. The molecule has 5 heteroatoms. The summed E-state index contributed by atoms with van der Waals surface area (Å²) in [7, 11) is 0. The van der Waals surface area contributed by atoms with Gasteiger partial charge in [-0.2, -0.15) is 4.98 Å². The molecule has 0 bridgehead atoms. The molecule has 0 aliphatic heterocycles. The number of benzene rings is 1. The molecule has 70 valence electrons. The van der Waals surface area contributed by atoms with Gasteiger partial charge in [0.15, 0.2) is 0 Å². The van der Waals surface area contributed by atoms with Crippen LogP contribution in [0.4, 0.5) is 5.82 Å². The van der Waals surface area contributed by atoms with Crippen molar-refractivity contribution in [3.05, 3.63) is 30.3 Å². The van der Waals surface area contributed by atoms with Gasteiger partial charge in [-0.25, -0.2) is 5.53 Å². The fraction of sp³-hybridized carbons (Fsp3) is 0. The van der Waals surface area contributed by atoms with E-state index in [0.29, 0.717) is 0 Å². The number of aromatic nitrogens is 1. The van der Waals surface area contributed by atoms with Crippen molar-refractivity contribution in [3.63, 3.8) is 0 Å². The van der Waals surface area contributed by atoms with Gasteiger partial charge >= 0.3 is 5.95 Å². The number of hydrogen-bond donors (Lipinski definition) is 2. The first-order valence-corrected chi connectivity index (χ1v) is 3.94. The van der Waals surface area contributed by atoms with E-state index in [9.17, 15) is 0 Å². The van der Waals surface area contributed by atoms with E-state index in [0.717, 1.165) is 5.56 Å². The van der Waals surface area contributed by atoms with Crippen LogP contribution in [0.15, 0.2) is 39.9 Å². The zero-order chi connectivity index (χ0) is 9.97. The quantitative estimate of drug-likeness (QED) is 0.712. The molecular formula is C9H7N3O2. The molecule has 0 saturated heterocycles. The monoisotopic (exact) mass is 189 g/mol. The summed E-state index contributed by atoms with van der Waals surface area (Å²) in [6.07, 6.45) is 0. The molecule has 0 aliphatic carbocycles. The summed E-state index contributed by atoms with van der Waals surface area (Å²) in [5.41, 5.74) is 7.44. The molecule has 0 amide bonds. The van der Waals surface area contributed by atoms with Crippen molar-refractivity contribution in [1.29, 1.82) is 5.53 Å². The summed E-state index contributed by atoms with van der Waals surface area (Å²) >= 11 is 0. The number of rotatable bonds is 2. The lowest BCUT2D eigenvalue weighted by molar-refractivity contribution is 0.338. The maximum absolute atomic E-state index is 9.15. The molecule has 0 spiro atoms. The van der Waals surface area contributed by atoms with Gasteiger partial charge in [-0.15, -0.1) is 5.11 Å². The van der Waals surface area contributed by atoms with E-state index in [1.807, 2.05) is 18.2 Å². The van der Waals surface area contributed by atoms with Crippen molar-refractivity contribution in [2.45, 2.75) is 0 Å². The van der Waals surface area contributed by atoms with E-state index in [-0.39, 0.29) is 11.7 Å². The van der Waals surface area contributed by atoms with Crippen LogP contribution >= 0.6 is 0 Å². The first kappa shape index (κ1) is 8.43. The van der Waals surface area contributed by atoms with Crippen molar-refractivity contribution >= 4 is 5.82 Å². The van der Waals surface area contributed by atoms with Crippen LogP contribution in [-0.2, 0) is 0 Å². The van der Waals surface area contributed by atoms with Crippen LogP contribution in [0.1, 0.15) is 0 Å². The Bertz CT molecular complexity index is 450. The highest BCUT2D eigenvalue weighted by Gasteiger charge is 2.12. The van der Waals surface area contributed by atoms with Gasteiger partial charge in [0.05, 0.1) is 0 Å². The molecule has 5 nitrogen and oxygen atoms in total. The molecule has 0 fully saturated rings. The van der Waals surface area contributed by atoms with Gasteiger partial charge in [0.2, 0.25) is 5.89 Å². The smallest absolute Gasteiger partial charge is 0.332 e. The highest BCUT2D eigenvalue weighted by atomic mass is 16.5. The Labute approximate surface area is 79.5 Å². The van der Waals surface area contributed by atoms with Gasteiger partial charge in [-0.3, -0.25) is 0 Å². The highest BCUT2D eigenvalue weighted by Crippen LogP contribution is 2.31. The molecule has 2 rings (SSSR count). The topological polar surface area (TPSA) is 82.5 Å². The van der Waals surface area contributed by atoms with Gasteiger partial charge in [-0.1, -0.05) is 18.2 Å². The molecule has 1 aromatic heterocycles. The van der Waals surface area contributed by atoms with Crippen molar-refractivity contribution in [3.8, 4) is 17.4 Å². The zero-order valence-electron chi connectivity index (χ0n) is 7.14. The predicted octanol–water partition coefficient (Wildman–Crippen LogP) is 2.71.